The zero-order valence-electron chi connectivity index (χ0n) is 28.0. The Bertz CT molecular complexity index is 2600. The van der Waals surface area contributed by atoms with Gasteiger partial charge in [-0.2, -0.15) is 15.2 Å². The number of aromatic nitrogens is 4. The number of rotatable bonds is 7. The van der Waals surface area contributed by atoms with Crippen molar-refractivity contribution in [1.29, 1.82) is 5.26 Å². The van der Waals surface area contributed by atoms with E-state index in [0.717, 1.165) is 32.9 Å². The maximum atomic E-state index is 9.77. The lowest BCUT2D eigenvalue weighted by Crippen LogP contribution is -2.07. The molecule has 0 spiro atoms. The summed E-state index contributed by atoms with van der Waals surface area (Å²) >= 11 is 0. The van der Waals surface area contributed by atoms with Crippen LogP contribution in [0.15, 0.2) is 208 Å². The molecule has 0 aliphatic rings. The summed E-state index contributed by atoms with van der Waals surface area (Å²) in [7, 11) is -1.94. The molecule has 246 valence electrons. The number of para-hydroxylation sites is 2. The Morgan fingerprint density at radius 3 is 1.38 bits per heavy atom. The number of fused-ring (bicyclic) bond motifs is 3. The Hall–Kier alpha value is -6.81. The van der Waals surface area contributed by atoms with Gasteiger partial charge in [-0.15, -0.1) is 10.0 Å². The van der Waals surface area contributed by atoms with Crippen molar-refractivity contribution in [2.75, 3.05) is 0 Å². The van der Waals surface area contributed by atoms with Gasteiger partial charge in [0, 0.05) is 41.5 Å². The van der Waals surface area contributed by atoms with Gasteiger partial charge in [0.15, 0.2) is 11.6 Å². The zero-order chi connectivity index (χ0) is 34.9. The van der Waals surface area contributed by atoms with Crippen molar-refractivity contribution in [3.05, 3.63) is 194 Å². The second kappa shape index (κ2) is 13.1. The van der Waals surface area contributed by atoms with Crippen LogP contribution in [0.25, 0.3) is 50.5 Å². The van der Waals surface area contributed by atoms with E-state index in [4.69, 9.17) is 15.0 Å². The molecule has 2 aromatic heterocycles. The molecule has 0 atom stereocenters. The second-order valence-electron chi connectivity index (χ2n) is 12.4. The number of nitrogens with zero attached hydrogens (tertiary/aromatic N) is 5. The molecule has 0 saturated heterocycles. The van der Waals surface area contributed by atoms with E-state index in [1.807, 2.05) is 30.3 Å². The molecule has 0 radical (unpaired) electrons. The fraction of sp³-hybridized carbons (Fsp3) is 0. The number of hydrogen-bond donors (Lipinski definition) is 0. The summed E-state index contributed by atoms with van der Waals surface area (Å²) in [6, 6.07) is 67.5. The normalized spacial score (nSPS) is 11.8. The molecule has 6 heteroatoms. The van der Waals surface area contributed by atoms with Gasteiger partial charge in [-0.25, -0.2) is 4.98 Å². The van der Waals surface area contributed by atoms with Crippen molar-refractivity contribution in [3.63, 3.8) is 0 Å². The summed E-state index contributed by atoms with van der Waals surface area (Å²) in [4.78, 5) is 20.3. The summed E-state index contributed by atoms with van der Waals surface area (Å²) in [6.45, 7) is 0. The molecule has 9 aromatic rings. The van der Waals surface area contributed by atoms with E-state index in [1.54, 1.807) is 6.07 Å². The Morgan fingerprint density at radius 1 is 0.423 bits per heavy atom. The minimum absolute atomic E-state index is 0.497. The maximum absolute atomic E-state index is 9.77. The van der Waals surface area contributed by atoms with Crippen LogP contribution < -0.4 is 0 Å². The average Bonchev–Trinajstić information content (AvgIpc) is 3.57. The highest BCUT2D eigenvalue weighted by Crippen LogP contribution is 2.73. The lowest BCUT2D eigenvalue weighted by Gasteiger charge is -2.42. The van der Waals surface area contributed by atoms with E-state index in [2.05, 4.69) is 162 Å². The predicted octanol–water partition coefficient (Wildman–Crippen LogP) is 11.5. The molecule has 0 N–H and O–H groups in total. The van der Waals surface area contributed by atoms with Crippen LogP contribution in [0.5, 0.6) is 0 Å². The highest BCUT2D eigenvalue weighted by molar-refractivity contribution is 8.34. The van der Waals surface area contributed by atoms with Gasteiger partial charge < -0.3 is 0 Å². The Morgan fingerprint density at radius 2 is 0.865 bits per heavy atom. The predicted molar refractivity (Wildman–Crippen MR) is 210 cm³/mol. The number of hydrogen-bond acceptors (Lipinski definition) is 4. The number of benzene rings is 7. The van der Waals surface area contributed by atoms with Crippen molar-refractivity contribution in [2.45, 2.75) is 19.6 Å². The first-order valence-electron chi connectivity index (χ1n) is 17.1. The van der Waals surface area contributed by atoms with Crippen molar-refractivity contribution in [1.82, 2.24) is 19.5 Å². The van der Waals surface area contributed by atoms with Crippen LogP contribution in [-0.2, 0) is 0 Å². The van der Waals surface area contributed by atoms with Gasteiger partial charge in [-0.05, 0) is 72.8 Å². The van der Waals surface area contributed by atoms with Crippen molar-refractivity contribution < 1.29 is 0 Å². The van der Waals surface area contributed by atoms with Crippen molar-refractivity contribution >= 4 is 31.8 Å². The molecule has 0 amide bonds. The fourth-order valence-corrected chi connectivity index (χ4v) is 11.0. The number of nitriles is 1. The third-order valence-electron chi connectivity index (χ3n) is 9.39. The van der Waals surface area contributed by atoms with E-state index >= 15 is 0 Å². The molecule has 52 heavy (non-hydrogen) atoms. The van der Waals surface area contributed by atoms with Gasteiger partial charge in [0.1, 0.15) is 0 Å². The highest BCUT2D eigenvalue weighted by Gasteiger charge is 2.33. The van der Waals surface area contributed by atoms with Crippen LogP contribution in [0.4, 0.5) is 0 Å². The molecule has 0 fully saturated rings. The largest absolute Gasteiger partial charge is 0.278 e. The topological polar surface area (TPSA) is 67.4 Å². The van der Waals surface area contributed by atoms with Gasteiger partial charge in [0.2, 0.25) is 5.95 Å². The quantitative estimate of drug-likeness (QED) is 0.167. The minimum atomic E-state index is -1.94. The standard InChI is InChI=1S/C46H31N5S/c47-32-33-16-14-17-34(30-33)44-48-45(50-46(49-44)51-42-28-12-10-26-40(42)41-27-11-13-29-43(41)51)35-18-15-25-39(31-35)52(36-19-4-1-5-20-36,37-21-6-2-7-22-37)38-23-8-3-9-24-38/h1-31H. The van der Waals surface area contributed by atoms with E-state index in [1.165, 1.54) is 19.6 Å². The molecule has 0 aliphatic heterocycles. The van der Waals surface area contributed by atoms with E-state index in [9.17, 15) is 5.26 Å². The van der Waals surface area contributed by atoms with Gasteiger partial charge in [-0.1, -0.05) is 115 Å². The fourth-order valence-electron chi connectivity index (χ4n) is 7.10. The molecule has 7 aromatic carbocycles. The van der Waals surface area contributed by atoms with Crippen LogP contribution in [-0.4, -0.2) is 19.5 Å². The molecule has 0 unspecified atom stereocenters. The van der Waals surface area contributed by atoms with E-state index in [-0.39, 0.29) is 0 Å². The molecule has 0 saturated carbocycles. The summed E-state index contributed by atoms with van der Waals surface area (Å²) in [5.74, 6) is 1.56. The summed E-state index contributed by atoms with van der Waals surface area (Å²) < 4.78 is 2.12. The van der Waals surface area contributed by atoms with Gasteiger partial charge >= 0.3 is 0 Å². The molecule has 0 bridgehead atoms. The molecule has 9 rings (SSSR count). The lowest BCUT2D eigenvalue weighted by atomic mass is 10.1. The molecular weight excluding hydrogens is 655 g/mol. The van der Waals surface area contributed by atoms with Crippen LogP contribution in [0.3, 0.4) is 0 Å². The van der Waals surface area contributed by atoms with Crippen molar-refractivity contribution in [2.24, 2.45) is 0 Å². The maximum Gasteiger partial charge on any atom is 0.238 e. The monoisotopic (exact) mass is 685 g/mol. The van der Waals surface area contributed by atoms with Crippen LogP contribution in [0.1, 0.15) is 5.56 Å². The van der Waals surface area contributed by atoms with E-state index < -0.39 is 10.0 Å². The van der Waals surface area contributed by atoms with Crippen LogP contribution in [0, 0.1) is 11.3 Å². The van der Waals surface area contributed by atoms with E-state index in [0.29, 0.717) is 23.2 Å². The van der Waals surface area contributed by atoms with Crippen LogP contribution in [0.2, 0.25) is 0 Å². The van der Waals surface area contributed by atoms with Gasteiger partial charge in [-0.3, -0.25) is 4.57 Å². The zero-order valence-corrected chi connectivity index (χ0v) is 28.9. The first kappa shape index (κ1) is 31.2. The summed E-state index contributed by atoms with van der Waals surface area (Å²) in [5.41, 5.74) is 4.18. The smallest absolute Gasteiger partial charge is 0.238 e. The highest BCUT2D eigenvalue weighted by atomic mass is 32.3. The Balaban J connectivity index is 1.33. The lowest BCUT2D eigenvalue weighted by molar-refractivity contribution is 0.953. The Kier molecular flexibility index (Phi) is 7.88. The molecule has 2 heterocycles. The minimum Gasteiger partial charge on any atom is -0.278 e. The van der Waals surface area contributed by atoms with Crippen molar-refractivity contribution in [3.8, 4) is 34.8 Å². The average molecular weight is 686 g/mol. The Labute approximate surface area is 303 Å². The van der Waals surface area contributed by atoms with Crippen LogP contribution >= 0.6 is 10.0 Å². The molecule has 5 nitrogen and oxygen atoms in total. The third kappa shape index (κ3) is 5.23. The third-order valence-corrected chi connectivity index (χ3v) is 13.3. The van der Waals surface area contributed by atoms with Gasteiger partial charge in [0.25, 0.3) is 0 Å². The molecule has 0 aliphatic carbocycles. The first-order valence-corrected chi connectivity index (χ1v) is 18.7. The summed E-state index contributed by atoms with van der Waals surface area (Å²) in [6.07, 6.45) is 0. The second-order valence-corrected chi connectivity index (χ2v) is 15.5. The summed E-state index contributed by atoms with van der Waals surface area (Å²) in [5, 5.41) is 12.0. The first-order chi connectivity index (χ1) is 25.7. The molecular formula is C46H31N5S. The SMILES string of the molecule is N#Cc1cccc(-c2nc(-c3cccc(S(c4ccccc4)(c4ccccc4)c4ccccc4)c3)nc(-n3c4ccccc4c4ccccc43)n2)c1. The van der Waals surface area contributed by atoms with Gasteiger partial charge in [0.05, 0.1) is 22.7 Å².